The summed E-state index contributed by atoms with van der Waals surface area (Å²) in [6.45, 7) is 4.33. The number of piperazine rings is 1. The first kappa shape index (κ1) is 20.2. The van der Waals surface area contributed by atoms with Crippen molar-refractivity contribution < 1.29 is 14.4 Å². The van der Waals surface area contributed by atoms with Crippen LogP contribution in [0.15, 0.2) is 42.5 Å². The molecule has 0 spiro atoms. The van der Waals surface area contributed by atoms with Crippen LogP contribution < -0.4 is 0 Å². The largest absolute Gasteiger partial charge is 0.335 e. The Kier molecular flexibility index (Phi) is 5.46. The quantitative estimate of drug-likeness (QED) is 0.550. The van der Waals surface area contributed by atoms with Crippen LogP contribution in [0.1, 0.15) is 31.2 Å². The minimum atomic E-state index is -0.671. The van der Waals surface area contributed by atoms with Crippen molar-refractivity contribution in [3.05, 3.63) is 48.0 Å². The van der Waals surface area contributed by atoms with Gasteiger partial charge in [-0.3, -0.25) is 24.3 Å². The summed E-state index contributed by atoms with van der Waals surface area (Å²) in [5.41, 5.74) is 1.31. The number of urea groups is 1. The number of imide groups is 2. The van der Waals surface area contributed by atoms with Gasteiger partial charge >= 0.3 is 17.8 Å². The Morgan fingerprint density at radius 1 is 0.774 bits per heavy atom. The summed E-state index contributed by atoms with van der Waals surface area (Å²) in [4.78, 5) is 44.5. The van der Waals surface area contributed by atoms with Crippen LogP contribution in [0.4, 0.5) is 4.79 Å². The summed E-state index contributed by atoms with van der Waals surface area (Å²) >= 11 is 0. The second-order valence-corrected chi connectivity index (χ2v) is 8.80. The van der Waals surface area contributed by atoms with Crippen LogP contribution in [0.3, 0.4) is 0 Å². The van der Waals surface area contributed by atoms with E-state index < -0.39 is 17.8 Å². The Hall–Kier alpha value is -2.77. The fourth-order valence-corrected chi connectivity index (χ4v) is 5.09. The van der Waals surface area contributed by atoms with Gasteiger partial charge in [-0.1, -0.05) is 55.3 Å². The normalized spacial score (nSPS) is 21.7. The lowest BCUT2D eigenvalue weighted by molar-refractivity contribution is -0.144. The Bertz CT molecular complexity index is 1000. The van der Waals surface area contributed by atoms with Crippen molar-refractivity contribution in [2.45, 2.75) is 38.3 Å². The van der Waals surface area contributed by atoms with Gasteiger partial charge in [0, 0.05) is 38.8 Å². The highest BCUT2D eigenvalue weighted by atomic mass is 16.2. The molecule has 2 saturated heterocycles. The Labute approximate surface area is 182 Å². The highest BCUT2D eigenvalue weighted by Gasteiger charge is 2.48. The topological polar surface area (TPSA) is 64.2 Å². The Morgan fingerprint density at radius 2 is 1.45 bits per heavy atom. The zero-order valence-electron chi connectivity index (χ0n) is 17.7. The van der Waals surface area contributed by atoms with Gasteiger partial charge in [-0.05, 0) is 29.2 Å². The number of fused-ring (bicyclic) bond motifs is 1. The molecular formula is C24H28N4O3. The van der Waals surface area contributed by atoms with Gasteiger partial charge in [-0.25, -0.2) is 9.69 Å². The number of hydrogen-bond acceptors (Lipinski definition) is 5. The summed E-state index contributed by atoms with van der Waals surface area (Å²) in [5.74, 6) is -1.32. The second-order valence-electron chi connectivity index (χ2n) is 8.80. The zero-order chi connectivity index (χ0) is 21.4. The maximum absolute atomic E-state index is 12.8. The zero-order valence-corrected chi connectivity index (χ0v) is 17.7. The van der Waals surface area contributed by atoms with E-state index in [2.05, 4.69) is 52.3 Å². The van der Waals surface area contributed by atoms with Gasteiger partial charge in [0.2, 0.25) is 0 Å². The SMILES string of the molecule is O=C1C(=O)N(C2CCCC2)C(=O)N1CN1CCN(Cc2cccc3ccccc23)CC1. The Balaban J connectivity index is 1.19. The van der Waals surface area contributed by atoms with Gasteiger partial charge < -0.3 is 0 Å². The van der Waals surface area contributed by atoms with Crippen LogP contribution in [0.25, 0.3) is 10.8 Å². The summed E-state index contributed by atoms with van der Waals surface area (Å²) in [6, 6.07) is 14.3. The van der Waals surface area contributed by atoms with E-state index in [-0.39, 0.29) is 12.7 Å². The summed E-state index contributed by atoms with van der Waals surface area (Å²) in [5, 5.41) is 2.53. The molecule has 5 rings (SSSR count). The summed E-state index contributed by atoms with van der Waals surface area (Å²) in [7, 11) is 0. The molecule has 2 aromatic carbocycles. The van der Waals surface area contributed by atoms with Gasteiger partial charge in [0.25, 0.3) is 0 Å². The number of hydrogen-bond donors (Lipinski definition) is 0. The molecule has 7 nitrogen and oxygen atoms in total. The maximum atomic E-state index is 12.8. The third kappa shape index (κ3) is 3.83. The maximum Gasteiger partial charge on any atom is 0.335 e. The molecule has 0 radical (unpaired) electrons. The molecular weight excluding hydrogens is 392 g/mol. The first-order chi connectivity index (χ1) is 15.1. The standard InChI is InChI=1S/C24H28N4O3/c29-22-23(30)28(20-9-2-3-10-20)24(31)27(22)17-26-14-12-25(13-15-26)16-19-8-5-7-18-6-1-4-11-21(18)19/h1,4-8,11,20H,2-3,9-10,12-17H2. The average molecular weight is 421 g/mol. The predicted molar refractivity (Wildman–Crippen MR) is 117 cm³/mol. The van der Waals surface area contributed by atoms with E-state index in [9.17, 15) is 14.4 Å². The first-order valence-corrected chi connectivity index (χ1v) is 11.2. The third-order valence-electron chi connectivity index (χ3n) is 6.85. The summed E-state index contributed by atoms with van der Waals surface area (Å²) in [6.07, 6.45) is 3.64. The Morgan fingerprint density at radius 3 is 2.23 bits per heavy atom. The van der Waals surface area contributed by atoms with E-state index >= 15 is 0 Å². The molecule has 7 heteroatoms. The highest BCUT2D eigenvalue weighted by Crippen LogP contribution is 2.28. The molecule has 162 valence electrons. The van der Waals surface area contributed by atoms with Crippen molar-refractivity contribution in [3.63, 3.8) is 0 Å². The van der Waals surface area contributed by atoms with Crippen molar-refractivity contribution >= 4 is 28.6 Å². The van der Waals surface area contributed by atoms with Gasteiger partial charge in [0.1, 0.15) is 0 Å². The number of benzene rings is 2. The monoisotopic (exact) mass is 420 g/mol. The number of nitrogens with zero attached hydrogens (tertiary/aromatic N) is 4. The molecule has 0 aromatic heterocycles. The molecule has 3 fully saturated rings. The van der Waals surface area contributed by atoms with Crippen LogP contribution in [-0.2, 0) is 16.1 Å². The van der Waals surface area contributed by atoms with E-state index in [0.717, 1.165) is 63.3 Å². The fraction of sp³-hybridized carbons (Fsp3) is 0.458. The minimum Gasteiger partial charge on any atom is -0.297 e. The van der Waals surface area contributed by atoms with Crippen molar-refractivity contribution in [1.29, 1.82) is 0 Å². The second kappa shape index (κ2) is 8.40. The molecule has 2 aliphatic heterocycles. The lowest BCUT2D eigenvalue weighted by Gasteiger charge is -2.36. The molecule has 4 amide bonds. The molecule has 1 aliphatic carbocycles. The van der Waals surface area contributed by atoms with Crippen LogP contribution in [0, 0.1) is 0 Å². The van der Waals surface area contributed by atoms with Gasteiger partial charge in [-0.2, -0.15) is 0 Å². The molecule has 2 heterocycles. The molecule has 0 unspecified atom stereocenters. The van der Waals surface area contributed by atoms with Gasteiger partial charge in [0.05, 0.1) is 6.67 Å². The molecule has 31 heavy (non-hydrogen) atoms. The van der Waals surface area contributed by atoms with Gasteiger partial charge in [-0.15, -0.1) is 0 Å². The molecule has 0 atom stereocenters. The lowest BCUT2D eigenvalue weighted by Crippen LogP contribution is -2.51. The number of carbonyl (C=O) groups is 3. The number of carbonyl (C=O) groups excluding carboxylic acids is 3. The molecule has 1 saturated carbocycles. The van der Waals surface area contributed by atoms with Crippen molar-refractivity contribution in [1.82, 2.24) is 19.6 Å². The first-order valence-electron chi connectivity index (χ1n) is 11.2. The van der Waals surface area contributed by atoms with Crippen LogP contribution in [0.2, 0.25) is 0 Å². The van der Waals surface area contributed by atoms with Crippen LogP contribution in [0.5, 0.6) is 0 Å². The highest BCUT2D eigenvalue weighted by molar-refractivity contribution is 6.44. The van der Waals surface area contributed by atoms with E-state index in [1.165, 1.54) is 21.2 Å². The van der Waals surface area contributed by atoms with E-state index in [1.54, 1.807) is 0 Å². The molecule has 0 N–H and O–H groups in total. The van der Waals surface area contributed by atoms with Crippen LogP contribution in [-0.4, -0.2) is 76.3 Å². The van der Waals surface area contributed by atoms with Gasteiger partial charge in [0.15, 0.2) is 0 Å². The third-order valence-corrected chi connectivity index (χ3v) is 6.85. The smallest absolute Gasteiger partial charge is 0.297 e. The molecule has 0 bridgehead atoms. The van der Waals surface area contributed by atoms with E-state index in [4.69, 9.17) is 0 Å². The van der Waals surface area contributed by atoms with E-state index in [1.807, 2.05) is 0 Å². The number of amides is 4. The fourth-order valence-electron chi connectivity index (χ4n) is 5.09. The minimum absolute atomic E-state index is 0.105. The lowest BCUT2D eigenvalue weighted by atomic mass is 10.0. The summed E-state index contributed by atoms with van der Waals surface area (Å²) < 4.78 is 0. The van der Waals surface area contributed by atoms with Crippen molar-refractivity contribution in [2.24, 2.45) is 0 Å². The van der Waals surface area contributed by atoms with E-state index in [0.29, 0.717) is 0 Å². The predicted octanol–water partition coefficient (Wildman–Crippen LogP) is 2.65. The average Bonchev–Trinajstić information content (AvgIpc) is 3.38. The van der Waals surface area contributed by atoms with Crippen molar-refractivity contribution in [3.8, 4) is 0 Å². The van der Waals surface area contributed by atoms with Crippen LogP contribution >= 0.6 is 0 Å². The molecule has 2 aromatic rings. The molecule has 3 aliphatic rings. The van der Waals surface area contributed by atoms with Crippen molar-refractivity contribution in [2.75, 3.05) is 32.8 Å². The number of rotatable bonds is 5.